The number of furan rings is 1. The van der Waals surface area contributed by atoms with Crippen LogP contribution in [0.15, 0.2) is 253 Å². The van der Waals surface area contributed by atoms with Crippen LogP contribution in [0.3, 0.4) is 0 Å². The van der Waals surface area contributed by atoms with Crippen molar-refractivity contribution in [3.63, 3.8) is 0 Å². The number of anilines is 3. The van der Waals surface area contributed by atoms with Gasteiger partial charge < -0.3 is 9.32 Å². The monoisotopic (exact) mass is 815 g/mol. The first-order chi connectivity index (χ1) is 31.7. The second-order valence-corrected chi connectivity index (χ2v) is 16.5. The highest BCUT2D eigenvalue weighted by Gasteiger charge is 2.17. The molecule has 0 radical (unpaired) electrons. The first-order valence-electron chi connectivity index (χ1n) is 21.9. The largest absolute Gasteiger partial charge is 0.455 e. The summed E-state index contributed by atoms with van der Waals surface area (Å²) in [5.41, 5.74) is 16.8. The highest BCUT2D eigenvalue weighted by Crippen LogP contribution is 2.41. The van der Waals surface area contributed by atoms with Crippen LogP contribution in [-0.4, -0.2) is 0 Å². The molecule has 0 aliphatic rings. The van der Waals surface area contributed by atoms with E-state index in [1.54, 1.807) is 0 Å². The van der Waals surface area contributed by atoms with Crippen LogP contribution in [0, 0.1) is 0 Å². The molecule has 11 aromatic carbocycles. The van der Waals surface area contributed by atoms with Gasteiger partial charge in [0.2, 0.25) is 0 Å². The molecular weight excluding hydrogens is 775 g/mol. The summed E-state index contributed by atoms with van der Waals surface area (Å²) in [6.07, 6.45) is 0. The van der Waals surface area contributed by atoms with Gasteiger partial charge in [-0.2, -0.15) is 0 Å². The summed E-state index contributed by atoms with van der Waals surface area (Å²) in [6.45, 7) is 0. The van der Waals surface area contributed by atoms with E-state index in [9.17, 15) is 0 Å². The lowest BCUT2D eigenvalue weighted by Gasteiger charge is -2.26. The van der Waals surface area contributed by atoms with Crippen molar-refractivity contribution < 1.29 is 4.42 Å². The van der Waals surface area contributed by atoms with Gasteiger partial charge in [-0.05, 0) is 132 Å². The molecule has 0 saturated carbocycles. The zero-order valence-corrected chi connectivity index (χ0v) is 35.0. The average Bonchev–Trinajstić information content (AvgIpc) is 3.75. The SMILES string of the molecule is c1ccc(-c2cccc3ccc(-c4ccc(N(c5ccc(-c6ccc7ccccc7c6)cc5)c5ccc(-c6ccc7oc8c(-c9ccccc9)cccc8c7c6)cc5)cc4)cc23)cc1. The van der Waals surface area contributed by atoms with E-state index in [-0.39, 0.29) is 0 Å². The lowest BCUT2D eigenvalue weighted by atomic mass is 9.95. The van der Waals surface area contributed by atoms with E-state index in [1.165, 1.54) is 54.9 Å². The molecule has 12 aromatic rings. The number of para-hydroxylation sites is 1. The van der Waals surface area contributed by atoms with Crippen LogP contribution in [-0.2, 0) is 0 Å². The Kier molecular flexibility index (Phi) is 9.20. The van der Waals surface area contributed by atoms with Gasteiger partial charge in [-0.15, -0.1) is 0 Å². The Bertz CT molecular complexity index is 3630. The lowest BCUT2D eigenvalue weighted by molar-refractivity contribution is 0.670. The summed E-state index contributed by atoms with van der Waals surface area (Å²) >= 11 is 0. The van der Waals surface area contributed by atoms with Crippen molar-refractivity contribution in [3.05, 3.63) is 249 Å². The zero-order valence-electron chi connectivity index (χ0n) is 35.0. The van der Waals surface area contributed by atoms with Crippen molar-refractivity contribution in [2.24, 2.45) is 0 Å². The third-order valence-corrected chi connectivity index (χ3v) is 12.7. The third kappa shape index (κ3) is 6.79. The van der Waals surface area contributed by atoms with Gasteiger partial charge in [0, 0.05) is 33.4 Å². The van der Waals surface area contributed by atoms with Gasteiger partial charge in [-0.1, -0.05) is 188 Å². The highest BCUT2D eigenvalue weighted by atomic mass is 16.3. The molecule has 300 valence electrons. The number of hydrogen-bond donors (Lipinski definition) is 0. The van der Waals surface area contributed by atoms with Crippen LogP contribution in [0.25, 0.3) is 99.1 Å². The molecule has 64 heavy (non-hydrogen) atoms. The maximum atomic E-state index is 6.51. The van der Waals surface area contributed by atoms with Crippen LogP contribution >= 0.6 is 0 Å². The summed E-state index contributed by atoms with van der Waals surface area (Å²) in [5.74, 6) is 0. The average molecular weight is 816 g/mol. The van der Waals surface area contributed by atoms with Gasteiger partial charge in [0.15, 0.2) is 0 Å². The van der Waals surface area contributed by atoms with Crippen molar-refractivity contribution >= 4 is 60.5 Å². The number of fused-ring (bicyclic) bond motifs is 5. The van der Waals surface area contributed by atoms with Crippen molar-refractivity contribution in [3.8, 4) is 55.6 Å². The maximum absolute atomic E-state index is 6.51. The fourth-order valence-corrected chi connectivity index (χ4v) is 9.37. The van der Waals surface area contributed by atoms with Gasteiger partial charge in [0.25, 0.3) is 0 Å². The van der Waals surface area contributed by atoms with Gasteiger partial charge in [-0.25, -0.2) is 0 Å². The Labute approximate surface area is 372 Å². The fraction of sp³-hybridized carbons (Fsp3) is 0. The molecule has 0 aliphatic carbocycles. The number of nitrogens with zero attached hydrogens (tertiary/aromatic N) is 1. The first-order valence-corrected chi connectivity index (χ1v) is 21.9. The van der Waals surface area contributed by atoms with Gasteiger partial charge in [0.05, 0.1) is 0 Å². The van der Waals surface area contributed by atoms with Crippen molar-refractivity contribution in [2.45, 2.75) is 0 Å². The van der Waals surface area contributed by atoms with E-state index in [0.717, 1.165) is 61.3 Å². The summed E-state index contributed by atoms with van der Waals surface area (Å²) in [6, 6.07) is 89.6. The predicted molar refractivity (Wildman–Crippen MR) is 271 cm³/mol. The Morgan fingerprint density at radius 1 is 0.250 bits per heavy atom. The van der Waals surface area contributed by atoms with Crippen LogP contribution < -0.4 is 4.90 Å². The molecule has 2 nitrogen and oxygen atoms in total. The van der Waals surface area contributed by atoms with Crippen molar-refractivity contribution in [1.29, 1.82) is 0 Å². The Morgan fingerprint density at radius 2 is 0.703 bits per heavy atom. The normalized spacial score (nSPS) is 11.4. The van der Waals surface area contributed by atoms with Gasteiger partial charge >= 0.3 is 0 Å². The molecular formula is C62H41NO. The Balaban J connectivity index is 0.909. The molecule has 1 aromatic heterocycles. The van der Waals surface area contributed by atoms with Crippen molar-refractivity contribution in [2.75, 3.05) is 4.90 Å². The quantitative estimate of drug-likeness (QED) is 0.152. The minimum Gasteiger partial charge on any atom is -0.455 e. The van der Waals surface area contributed by atoms with Gasteiger partial charge in [0.1, 0.15) is 11.2 Å². The predicted octanol–water partition coefficient (Wildman–Crippen LogP) is 17.7. The van der Waals surface area contributed by atoms with E-state index in [1.807, 2.05) is 6.07 Å². The standard InChI is InChI=1S/C62H41NO/c1-3-12-46(13-4-1)56-18-9-17-48-22-24-51(40-59(48)56)44-27-34-54(35-28-44)63(53-32-25-43(26-33-53)50-23-21-42-11-7-8-16-49(42)39-50)55-36-29-45(30-37-55)52-31-38-61-60(41-52)58-20-10-19-57(62(58)64-61)47-14-5-2-6-15-47/h1-41H. The molecule has 0 spiro atoms. The van der Waals surface area contributed by atoms with Crippen LogP contribution in [0.5, 0.6) is 0 Å². The molecule has 2 heteroatoms. The molecule has 12 rings (SSSR count). The van der Waals surface area contributed by atoms with Crippen LogP contribution in [0.4, 0.5) is 17.1 Å². The summed E-state index contributed by atoms with van der Waals surface area (Å²) < 4.78 is 6.51. The molecule has 1 heterocycles. The Hall–Kier alpha value is -8.46. The molecule has 0 saturated heterocycles. The summed E-state index contributed by atoms with van der Waals surface area (Å²) in [5, 5.41) is 7.21. The second kappa shape index (κ2) is 15.8. The van der Waals surface area contributed by atoms with Crippen LogP contribution in [0.1, 0.15) is 0 Å². The van der Waals surface area contributed by atoms with E-state index >= 15 is 0 Å². The second-order valence-electron chi connectivity index (χ2n) is 16.5. The molecule has 0 amide bonds. The molecule has 0 N–H and O–H groups in total. The lowest BCUT2D eigenvalue weighted by Crippen LogP contribution is -2.09. The molecule has 0 aliphatic heterocycles. The van der Waals surface area contributed by atoms with E-state index in [0.29, 0.717) is 0 Å². The third-order valence-electron chi connectivity index (χ3n) is 12.7. The maximum Gasteiger partial charge on any atom is 0.143 e. The highest BCUT2D eigenvalue weighted by molar-refractivity contribution is 6.10. The molecule has 0 unspecified atom stereocenters. The smallest absolute Gasteiger partial charge is 0.143 e. The zero-order chi connectivity index (χ0) is 42.4. The fourth-order valence-electron chi connectivity index (χ4n) is 9.37. The topological polar surface area (TPSA) is 16.4 Å². The summed E-state index contributed by atoms with van der Waals surface area (Å²) in [4.78, 5) is 2.35. The molecule has 0 atom stereocenters. The number of benzene rings is 11. The van der Waals surface area contributed by atoms with E-state index in [4.69, 9.17) is 4.42 Å². The minimum atomic E-state index is 0.890. The number of hydrogen-bond acceptors (Lipinski definition) is 2. The van der Waals surface area contributed by atoms with Crippen LogP contribution in [0.2, 0.25) is 0 Å². The first kappa shape index (κ1) is 37.3. The van der Waals surface area contributed by atoms with Gasteiger partial charge in [-0.3, -0.25) is 0 Å². The summed E-state index contributed by atoms with van der Waals surface area (Å²) in [7, 11) is 0. The van der Waals surface area contributed by atoms with E-state index < -0.39 is 0 Å². The number of rotatable bonds is 8. The Morgan fingerprint density at radius 3 is 1.33 bits per heavy atom. The molecule has 0 bridgehead atoms. The minimum absolute atomic E-state index is 0.890. The van der Waals surface area contributed by atoms with E-state index in [2.05, 4.69) is 248 Å². The molecule has 0 fully saturated rings. The van der Waals surface area contributed by atoms with Crippen molar-refractivity contribution in [1.82, 2.24) is 0 Å².